The summed E-state index contributed by atoms with van der Waals surface area (Å²) >= 11 is 5.90. The fraction of sp³-hybridized carbons (Fsp3) is 0.462. The first-order valence-corrected chi connectivity index (χ1v) is 8.95. The Kier molecular flexibility index (Phi) is 5.86. The Morgan fingerprint density at radius 2 is 1.90 bits per heavy atom. The van der Waals surface area contributed by atoms with Crippen molar-refractivity contribution in [3.8, 4) is 0 Å². The fourth-order valence-electron chi connectivity index (χ4n) is 1.97. The molecule has 1 aromatic carbocycles. The molecule has 1 rings (SSSR count). The molecule has 0 spiro atoms. The van der Waals surface area contributed by atoms with E-state index in [1.165, 1.54) is 12.1 Å². The number of amides is 1. The Bertz CT molecular complexity index is 614. The van der Waals surface area contributed by atoms with E-state index in [0.29, 0.717) is 18.7 Å². The summed E-state index contributed by atoms with van der Waals surface area (Å²) in [7, 11) is 1.44. The van der Waals surface area contributed by atoms with Gasteiger partial charge in [0.2, 0.25) is 0 Å². The molecule has 0 fully saturated rings. The predicted octanol–water partition coefficient (Wildman–Crippen LogP) is 3.45. The molecule has 0 heterocycles. The van der Waals surface area contributed by atoms with Crippen molar-refractivity contribution >= 4 is 37.2 Å². The topological polar surface area (TPSA) is 54.5 Å². The molecule has 0 aliphatic heterocycles. The zero-order valence-electron chi connectivity index (χ0n) is 11.6. The molecule has 20 heavy (non-hydrogen) atoms. The average molecular weight is 338 g/mol. The van der Waals surface area contributed by atoms with Crippen molar-refractivity contribution in [2.75, 3.05) is 13.1 Å². The SMILES string of the molecule is CCCN(CC)C(=O)c1cc(Cl)cc(S(=O)(=O)Cl)c1C. The van der Waals surface area contributed by atoms with E-state index < -0.39 is 9.05 Å². The van der Waals surface area contributed by atoms with E-state index in [4.69, 9.17) is 22.3 Å². The lowest BCUT2D eigenvalue weighted by Crippen LogP contribution is -2.32. The third-order valence-electron chi connectivity index (χ3n) is 2.98. The van der Waals surface area contributed by atoms with Crippen molar-refractivity contribution < 1.29 is 13.2 Å². The van der Waals surface area contributed by atoms with Gasteiger partial charge in [-0.1, -0.05) is 18.5 Å². The second-order valence-corrected chi connectivity index (χ2v) is 7.37. The van der Waals surface area contributed by atoms with Crippen LogP contribution in [0, 0.1) is 6.92 Å². The molecule has 0 aromatic heterocycles. The number of carbonyl (C=O) groups is 1. The van der Waals surface area contributed by atoms with Crippen LogP contribution >= 0.6 is 22.3 Å². The van der Waals surface area contributed by atoms with Crippen LogP contribution in [0.25, 0.3) is 0 Å². The Morgan fingerprint density at radius 1 is 1.30 bits per heavy atom. The van der Waals surface area contributed by atoms with Crippen molar-refractivity contribution in [3.63, 3.8) is 0 Å². The maximum Gasteiger partial charge on any atom is 0.261 e. The Balaban J connectivity index is 3.39. The summed E-state index contributed by atoms with van der Waals surface area (Å²) in [6.07, 6.45) is 0.819. The zero-order valence-corrected chi connectivity index (χ0v) is 13.9. The van der Waals surface area contributed by atoms with E-state index in [1.54, 1.807) is 11.8 Å². The van der Waals surface area contributed by atoms with Crippen molar-refractivity contribution in [1.29, 1.82) is 0 Å². The molecule has 0 N–H and O–H groups in total. The van der Waals surface area contributed by atoms with Crippen molar-refractivity contribution in [1.82, 2.24) is 4.90 Å². The first-order chi connectivity index (χ1) is 9.22. The van der Waals surface area contributed by atoms with Gasteiger partial charge in [-0.25, -0.2) is 8.42 Å². The number of benzene rings is 1. The molecule has 0 saturated carbocycles. The highest BCUT2D eigenvalue weighted by molar-refractivity contribution is 8.13. The zero-order chi connectivity index (χ0) is 15.5. The van der Waals surface area contributed by atoms with Crippen LogP contribution in [0.2, 0.25) is 5.02 Å². The van der Waals surface area contributed by atoms with Crippen molar-refractivity contribution in [2.45, 2.75) is 32.1 Å². The van der Waals surface area contributed by atoms with E-state index in [1.807, 2.05) is 13.8 Å². The molecule has 0 radical (unpaired) electrons. The summed E-state index contributed by atoms with van der Waals surface area (Å²) in [4.78, 5) is 14.0. The van der Waals surface area contributed by atoms with Crippen LogP contribution in [0.3, 0.4) is 0 Å². The third kappa shape index (κ3) is 3.87. The highest BCUT2D eigenvalue weighted by atomic mass is 35.7. The molecule has 7 heteroatoms. The summed E-state index contributed by atoms with van der Waals surface area (Å²) in [6, 6.07) is 2.73. The van der Waals surface area contributed by atoms with Gasteiger partial charge in [0, 0.05) is 34.4 Å². The first kappa shape index (κ1) is 17.3. The Hall–Kier alpha value is -0.780. The molecule has 112 valence electrons. The van der Waals surface area contributed by atoms with Crippen LogP contribution in [-0.2, 0) is 9.05 Å². The number of hydrogen-bond acceptors (Lipinski definition) is 3. The van der Waals surface area contributed by atoms with Gasteiger partial charge in [-0.3, -0.25) is 4.79 Å². The van der Waals surface area contributed by atoms with E-state index in [0.717, 1.165) is 6.42 Å². The molecule has 0 bridgehead atoms. The highest BCUT2D eigenvalue weighted by Gasteiger charge is 2.23. The minimum atomic E-state index is -3.94. The molecule has 0 saturated heterocycles. The van der Waals surface area contributed by atoms with Crippen LogP contribution in [0.15, 0.2) is 17.0 Å². The van der Waals surface area contributed by atoms with Gasteiger partial charge in [0.05, 0.1) is 4.90 Å². The van der Waals surface area contributed by atoms with Gasteiger partial charge in [0.25, 0.3) is 15.0 Å². The number of nitrogens with zero attached hydrogens (tertiary/aromatic N) is 1. The second-order valence-electron chi connectivity index (χ2n) is 4.40. The number of halogens is 2. The lowest BCUT2D eigenvalue weighted by Gasteiger charge is -2.21. The van der Waals surface area contributed by atoms with E-state index in [-0.39, 0.29) is 21.4 Å². The maximum atomic E-state index is 12.4. The van der Waals surface area contributed by atoms with E-state index >= 15 is 0 Å². The van der Waals surface area contributed by atoms with Crippen LogP contribution < -0.4 is 0 Å². The number of carbonyl (C=O) groups excluding carboxylic acids is 1. The monoisotopic (exact) mass is 337 g/mol. The minimum absolute atomic E-state index is 0.123. The van der Waals surface area contributed by atoms with Crippen molar-refractivity contribution in [3.05, 3.63) is 28.3 Å². The second kappa shape index (κ2) is 6.78. The normalized spacial score (nSPS) is 11.4. The molecule has 0 aliphatic carbocycles. The van der Waals surface area contributed by atoms with Crippen LogP contribution in [0.5, 0.6) is 0 Å². The van der Waals surface area contributed by atoms with Gasteiger partial charge >= 0.3 is 0 Å². The highest BCUT2D eigenvalue weighted by Crippen LogP contribution is 2.27. The molecule has 0 unspecified atom stereocenters. The molecule has 0 atom stereocenters. The van der Waals surface area contributed by atoms with Gasteiger partial charge in [0.15, 0.2) is 0 Å². The first-order valence-electron chi connectivity index (χ1n) is 6.26. The van der Waals surface area contributed by atoms with Crippen LogP contribution in [0.4, 0.5) is 0 Å². The van der Waals surface area contributed by atoms with Crippen LogP contribution in [0.1, 0.15) is 36.2 Å². The minimum Gasteiger partial charge on any atom is -0.339 e. The lowest BCUT2D eigenvalue weighted by molar-refractivity contribution is 0.0763. The molecular weight excluding hydrogens is 321 g/mol. The van der Waals surface area contributed by atoms with E-state index in [2.05, 4.69) is 0 Å². The molecule has 0 aliphatic rings. The van der Waals surface area contributed by atoms with E-state index in [9.17, 15) is 13.2 Å². The number of rotatable bonds is 5. The largest absolute Gasteiger partial charge is 0.339 e. The van der Waals surface area contributed by atoms with Crippen LogP contribution in [-0.4, -0.2) is 32.3 Å². The Morgan fingerprint density at radius 3 is 2.35 bits per heavy atom. The Labute approximate surface area is 129 Å². The molecule has 1 aromatic rings. The molecule has 1 amide bonds. The standard InChI is InChI=1S/C13H17Cl2NO3S/c1-4-6-16(5-2)13(17)11-7-10(14)8-12(9(11)3)20(15,18)19/h7-8H,4-6H2,1-3H3. The van der Waals surface area contributed by atoms with Gasteiger partial charge in [-0.05, 0) is 38.0 Å². The smallest absolute Gasteiger partial charge is 0.261 e. The summed E-state index contributed by atoms with van der Waals surface area (Å²) in [6.45, 7) is 6.53. The summed E-state index contributed by atoms with van der Waals surface area (Å²) in [5, 5.41) is 0.172. The maximum absolute atomic E-state index is 12.4. The average Bonchev–Trinajstić information content (AvgIpc) is 2.36. The fourth-order valence-corrected chi connectivity index (χ4v) is 3.48. The van der Waals surface area contributed by atoms with Gasteiger partial charge in [-0.2, -0.15) is 0 Å². The molecule has 4 nitrogen and oxygen atoms in total. The van der Waals surface area contributed by atoms with Gasteiger partial charge in [0.1, 0.15) is 0 Å². The summed E-state index contributed by atoms with van der Waals surface area (Å²) in [5.41, 5.74) is 0.593. The van der Waals surface area contributed by atoms with Crippen molar-refractivity contribution in [2.24, 2.45) is 0 Å². The van der Waals surface area contributed by atoms with Gasteiger partial charge < -0.3 is 4.90 Å². The molecular formula is C13H17Cl2NO3S. The lowest BCUT2D eigenvalue weighted by atomic mass is 10.1. The summed E-state index contributed by atoms with van der Waals surface area (Å²) < 4.78 is 23.1. The predicted molar refractivity (Wildman–Crippen MR) is 81.1 cm³/mol. The summed E-state index contributed by atoms with van der Waals surface area (Å²) in [5.74, 6) is -0.240. The number of hydrogen-bond donors (Lipinski definition) is 0. The van der Waals surface area contributed by atoms with Gasteiger partial charge in [-0.15, -0.1) is 0 Å². The third-order valence-corrected chi connectivity index (χ3v) is 4.65. The quantitative estimate of drug-likeness (QED) is 0.773.